The van der Waals surface area contributed by atoms with Gasteiger partial charge in [0.15, 0.2) is 0 Å². The molecule has 2 nitrogen and oxygen atoms in total. The standard InChI is InChI=1S/C10H10O2/c1-2-10(12)8-6-4-3-5-7-9-11/h2,5,7,10-12H,1,9H2/b7-5+/t10-/m1/s1. The third-order valence-electron chi connectivity index (χ3n) is 0.885. The molecule has 0 aromatic rings. The number of hydrogen-bond acceptors (Lipinski definition) is 2. The van der Waals surface area contributed by atoms with Crippen LogP contribution in [0.4, 0.5) is 0 Å². The van der Waals surface area contributed by atoms with Crippen LogP contribution in [0.1, 0.15) is 0 Å². The van der Waals surface area contributed by atoms with Crippen molar-refractivity contribution in [2.45, 2.75) is 6.10 Å². The van der Waals surface area contributed by atoms with Crippen LogP contribution in [-0.2, 0) is 0 Å². The van der Waals surface area contributed by atoms with Crippen molar-refractivity contribution in [2.75, 3.05) is 6.61 Å². The predicted molar refractivity (Wildman–Crippen MR) is 48.0 cm³/mol. The summed E-state index contributed by atoms with van der Waals surface area (Å²) in [7, 11) is 0. The molecule has 0 aromatic carbocycles. The maximum atomic E-state index is 8.84. The Kier molecular flexibility index (Phi) is 6.68. The highest BCUT2D eigenvalue weighted by Crippen LogP contribution is 1.76. The molecule has 1 atom stereocenters. The maximum Gasteiger partial charge on any atom is 0.134 e. The topological polar surface area (TPSA) is 40.5 Å². The quantitative estimate of drug-likeness (QED) is 0.446. The molecule has 0 aliphatic heterocycles. The van der Waals surface area contributed by atoms with Gasteiger partial charge >= 0.3 is 0 Å². The maximum absolute atomic E-state index is 8.84. The van der Waals surface area contributed by atoms with Crippen molar-refractivity contribution in [3.05, 3.63) is 24.8 Å². The molecule has 0 aliphatic rings. The van der Waals surface area contributed by atoms with E-state index in [4.69, 9.17) is 10.2 Å². The van der Waals surface area contributed by atoms with Gasteiger partial charge < -0.3 is 10.2 Å². The first-order chi connectivity index (χ1) is 5.81. The van der Waals surface area contributed by atoms with Gasteiger partial charge in [-0.2, -0.15) is 0 Å². The van der Waals surface area contributed by atoms with Gasteiger partial charge in [0.05, 0.1) is 6.61 Å². The molecule has 0 aliphatic carbocycles. The summed E-state index contributed by atoms with van der Waals surface area (Å²) in [6, 6.07) is 0. The van der Waals surface area contributed by atoms with E-state index in [-0.39, 0.29) is 6.61 Å². The van der Waals surface area contributed by atoms with Gasteiger partial charge in [-0.15, -0.1) is 0 Å². The fourth-order valence-electron chi connectivity index (χ4n) is 0.358. The molecule has 0 amide bonds. The molecule has 0 fully saturated rings. The summed E-state index contributed by atoms with van der Waals surface area (Å²) in [6.07, 6.45) is 3.49. The minimum atomic E-state index is -0.818. The number of aliphatic hydroxyl groups excluding tert-OH is 2. The van der Waals surface area contributed by atoms with Crippen molar-refractivity contribution in [3.8, 4) is 23.7 Å². The molecular formula is C10H10O2. The second-order valence-corrected chi connectivity index (χ2v) is 1.80. The Morgan fingerprint density at radius 2 is 2.17 bits per heavy atom. The van der Waals surface area contributed by atoms with E-state index in [2.05, 4.69) is 30.3 Å². The van der Waals surface area contributed by atoms with Gasteiger partial charge in [-0.1, -0.05) is 30.6 Å². The fraction of sp³-hybridized carbons (Fsp3) is 0.200. The van der Waals surface area contributed by atoms with E-state index in [0.717, 1.165) is 0 Å². The molecule has 62 valence electrons. The van der Waals surface area contributed by atoms with Gasteiger partial charge in [-0.3, -0.25) is 0 Å². The van der Waals surface area contributed by atoms with Crippen LogP contribution in [0.2, 0.25) is 0 Å². The Hall–Kier alpha value is -1.48. The minimum absolute atomic E-state index is 0.0304. The molecule has 0 bridgehead atoms. The van der Waals surface area contributed by atoms with Crippen molar-refractivity contribution in [3.63, 3.8) is 0 Å². The summed E-state index contributed by atoms with van der Waals surface area (Å²) >= 11 is 0. The van der Waals surface area contributed by atoms with Crippen molar-refractivity contribution in [1.29, 1.82) is 0 Å². The lowest BCUT2D eigenvalue weighted by atomic mass is 10.3. The third-order valence-corrected chi connectivity index (χ3v) is 0.885. The zero-order chi connectivity index (χ0) is 9.23. The molecule has 0 spiro atoms. The first kappa shape index (κ1) is 10.5. The van der Waals surface area contributed by atoms with Crippen LogP contribution in [0.5, 0.6) is 0 Å². The highest BCUT2D eigenvalue weighted by molar-refractivity contribution is 5.32. The average Bonchev–Trinajstić information content (AvgIpc) is 2.10. The van der Waals surface area contributed by atoms with Crippen molar-refractivity contribution in [1.82, 2.24) is 0 Å². The molecule has 12 heavy (non-hydrogen) atoms. The van der Waals surface area contributed by atoms with E-state index in [1.54, 1.807) is 0 Å². The normalized spacial score (nSPS) is 10.8. The lowest BCUT2D eigenvalue weighted by molar-refractivity contribution is 0.281. The Bertz CT molecular complexity index is 268. The Morgan fingerprint density at radius 1 is 1.42 bits per heavy atom. The molecule has 0 unspecified atom stereocenters. The van der Waals surface area contributed by atoms with Crippen molar-refractivity contribution in [2.24, 2.45) is 0 Å². The van der Waals surface area contributed by atoms with E-state index >= 15 is 0 Å². The molecular weight excluding hydrogens is 152 g/mol. The summed E-state index contributed by atoms with van der Waals surface area (Å²) < 4.78 is 0. The van der Waals surface area contributed by atoms with Crippen LogP contribution < -0.4 is 0 Å². The van der Waals surface area contributed by atoms with Crippen LogP contribution in [0, 0.1) is 23.7 Å². The molecule has 0 rings (SSSR count). The van der Waals surface area contributed by atoms with Crippen molar-refractivity contribution >= 4 is 0 Å². The zero-order valence-corrected chi connectivity index (χ0v) is 6.62. The Balaban J connectivity index is 3.88. The van der Waals surface area contributed by atoms with Crippen molar-refractivity contribution < 1.29 is 10.2 Å². The lowest BCUT2D eigenvalue weighted by Crippen LogP contribution is -1.94. The highest BCUT2D eigenvalue weighted by Gasteiger charge is 1.83. The molecule has 0 saturated carbocycles. The predicted octanol–water partition coefficient (Wildman–Crippen LogP) is 0.0886. The van der Waals surface area contributed by atoms with Crippen LogP contribution in [-0.4, -0.2) is 22.9 Å². The van der Waals surface area contributed by atoms with E-state index in [0.29, 0.717) is 0 Å². The van der Waals surface area contributed by atoms with Gasteiger partial charge in [0.25, 0.3) is 0 Å². The van der Waals surface area contributed by atoms with Crippen LogP contribution in [0.3, 0.4) is 0 Å². The largest absolute Gasteiger partial charge is 0.392 e. The minimum Gasteiger partial charge on any atom is -0.392 e. The SMILES string of the molecule is C=C[C@@H](O)C#CC#C/C=C/CO. The van der Waals surface area contributed by atoms with E-state index < -0.39 is 6.10 Å². The van der Waals surface area contributed by atoms with Crippen LogP contribution in [0.25, 0.3) is 0 Å². The summed E-state index contributed by atoms with van der Waals surface area (Å²) in [6.45, 7) is 3.31. The van der Waals surface area contributed by atoms with Gasteiger partial charge in [-0.05, 0) is 17.9 Å². The monoisotopic (exact) mass is 162 g/mol. The fourth-order valence-corrected chi connectivity index (χ4v) is 0.358. The van der Waals surface area contributed by atoms with E-state index in [1.807, 2.05) is 0 Å². The summed E-state index contributed by atoms with van der Waals surface area (Å²) in [4.78, 5) is 0. The van der Waals surface area contributed by atoms with Gasteiger partial charge in [0, 0.05) is 0 Å². The molecule has 2 N–H and O–H groups in total. The highest BCUT2D eigenvalue weighted by atomic mass is 16.3. The van der Waals surface area contributed by atoms with Crippen LogP contribution >= 0.6 is 0 Å². The average molecular weight is 162 g/mol. The number of allylic oxidation sites excluding steroid dienone is 1. The first-order valence-electron chi connectivity index (χ1n) is 3.38. The second kappa shape index (κ2) is 7.63. The van der Waals surface area contributed by atoms with E-state index in [1.165, 1.54) is 18.2 Å². The summed E-state index contributed by atoms with van der Waals surface area (Å²) in [5, 5.41) is 17.1. The number of aliphatic hydroxyl groups is 2. The Labute approximate surface area is 72.2 Å². The Morgan fingerprint density at radius 3 is 2.75 bits per heavy atom. The van der Waals surface area contributed by atoms with Crippen LogP contribution in [0.15, 0.2) is 24.8 Å². The molecule has 0 aromatic heterocycles. The summed E-state index contributed by atoms with van der Waals surface area (Å²) in [5.74, 6) is 9.88. The molecule has 0 radical (unpaired) electrons. The van der Waals surface area contributed by atoms with Gasteiger partial charge in [0.1, 0.15) is 6.10 Å². The van der Waals surface area contributed by atoms with Gasteiger partial charge in [-0.25, -0.2) is 0 Å². The smallest absolute Gasteiger partial charge is 0.134 e. The number of rotatable bonds is 2. The number of hydrogen-bond donors (Lipinski definition) is 2. The van der Waals surface area contributed by atoms with E-state index in [9.17, 15) is 0 Å². The molecule has 0 saturated heterocycles. The summed E-state index contributed by atoms with van der Waals surface area (Å²) in [5.41, 5.74) is 0. The first-order valence-corrected chi connectivity index (χ1v) is 3.38. The van der Waals surface area contributed by atoms with Gasteiger partial charge in [0.2, 0.25) is 0 Å². The zero-order valence-electron chi connectivity index (χ0n) is 6.62. The molecule has 2 heteroatoms. The molecule has 0 heterocycles. The third kappa shape index (κ3) is 6.64. The lowest BCUT2D eigenvalue weighted by Gasteiger charge is -1.86. The second-order valence-electron chi connectivity index (χ2n) is 1.80.